The number of ether oxygens (including phenoxy) is 1. The fourth-order valence-corrected chi connectivity index (χ4v) is 6.28. The summed E-state index contributed by atoms with van der Waals surface area (Å²) < 4.78 is 7.90. The minimum absolute atomic E-state index is 0.156. The van der Waals surface area contributed by atoms with Gasteiger partial charge >= 0.3 is 0 Å². The number of hydrogen-bond acceptors (Lipinski definition) is 4. The van der Waals surface area contributed by atoms with Crippen LogP contribution in [-0.4, -0.2) is 16.0 Å². The van der Waals surface area contributed by atoms with Crippen LogP contribution in [0, 0.1) is 7.14 Å². The van der Waals surface area contributed by atoms with Crippen LogP contribution in [0.25, 0.3) is 6.08 Å². The van der Waals surface area contributed by atoms with Crippen LogP contribution in [0.5, 0.6) is 5.75 Å². The number of halogens is 3. The number of amides is 2. The maximum atomic E-state index is 12.9. The predicted molar refractivity (Wildman–Crippen MR) is 146 cm³/mol. The van der Waals surface area contributed by atoms with E-state index in [1.165, 1.54) is 4.90 Å². The van der Waals surface area contributed by atoms with E-state index in [2.05, 4.69) is 45.2 Å². The zero-order chi connectivity index (χ0) is 22.7. The number of carbonyl (C=O) groups excluding carboxylic acids is 2. The van der Waals surface area contributed by atoms with Gasteiger partial charge in [0.25, 0.3) is 11.1 Å². The molecule has 2 amide bonds. The molecule has 0 N–H and O–H groups in total. The Balaban J connectivity index is 1.51. The SMILES string of the molecule is O=C1S/C(=C\c2cc(I)c(OCc3ccccc3)c(I)c2)C(=O)N1Cc1ccccc1Cl. The Bertz CT molecular complexity index is 1190. The fraction of sp³-hybridized carbons (Fsp3) is 0.0833. The molecule has 1 aliphatic heterocycles. The van der Waals surface area contributed by atoms with Crippen LogP contribution in [0.1, 0.15) is 16.7 Å². The average molecular weight is 688 g/mol. The fourth-order valence-electron chi connectivity index (χ4n) is 3.12. The number of benzene rings is 3. The summed E-state index contributed by atoms with van der Waals surface area (Å²) in [6.45, 7) is 0.635. The van der Waals surface area contributed by atoms with Gasteiger partial charge in [-0.3, -0.25) is 14.5 Å². The zero-order valence-corrected chi connectivity index (χ0v) is 22.4. The molecule has 1 aliphatic rings. The third kappa shape index (κ3) is 5.49. The first-order valence-electron chi connectivity index (χ1n) is 9.57. The van der Waals surface area contributed by atoms with Gasteiger partial charge in [-0.1, -0.05) is 60.1 Å². The molecule has 0 saturated carbocycles. The first-order chi connectivity index (χ1) is 15.4. The minimum Gasteiger partial charge on any atom is -0.487 e. The van der Waals surface area contributed by atoms with Gasteiger partial charge in [0.2, 0.25) is 0 Å². The molecule has 3 aromatic carbocycles. The second-order valence-electron chi connectivity index (χ2n) is 6.95. The van der Waals surface area contributed by atoms with Crippen LogP contribution in [0.2, 0.25) is 5.02 Å². The Hall–Kier alpha value is -1.56. The molecular weight excluding hydrogens is 672 g/mol. The van der Waals surface area contributed by atoms with Gasteiger partial charge in [0.15, 0.2) is 0 Å². The predicted octanol–water partition coefficient (Wildman–Crippen LogP) is 7.36. The Morgan fingerprint density at radius 3 is 2.31 bits per heavy atom. The lowest BCUT2D eigenvalue weighted by Gasteiger charge is -2.13. The molecule has 0 spiro atoms. The van der Waals surface area contributed by atoms with E-state index < -0.39 is 0 Å². The van der Waals surface area contributed by atoms with Gasteiger partial charge in [0.05, 0.1) is 18.6 Å². The van der Waals surface area contributed by atoms with Crippen molar-refractivity contribution in [2.45, 2.75) is 13.2 Å². The maximum Gasteiger partial charge on any atom is 0.293 e. The third-order valence-electron chi connectivity index (χ3n) is 4.70. The highest BCUT2D eigenvalue weighted by atomic mass is 127. The monoisotopic (exact) mass is 687 g/mol. The Morgan fingerprint density at radius 1 is 0.969 bits per heavy atom. The lowest BCUT2D eigenvalue weighted by molar-refractivity contribution is -0.123. The van der Waals surface area contributed by atoms with Crippen LogP contribution >= 0.6 is 68.5 Å². The summed E-state index contributed by atoms with van der Waals surface area (Å²) in [7, 11) is 0. The van der Waals surface area contributed by atoms with E-state index in [1.807, 2.05) is 60.7 Å². The van der Waals surface area contributed by atoms with E-state index in [0.717, 1.165) is 41.3 Å². The number of carbonyl (C=O) groups is 2. The molecular formula is C24H16ClI2NO3S. The van der Waals surface area contributed by atoms with Crippen molar-refractivity contribution in [3.63, 3.8) is 0 Å². The van der Waals surface area contributed by atoms with Gasteiger partial charge in [-0.15, -0.1) is 0 Å². The average Bonchev–Trinajstić information content (AvgIpc) is 3.02. The van der Waals surface area contributed by atoms with Crippen LogP contribution in [0.3, 0.4) is 0 Å². The van der Waals surface area contributed by atoms with Crippen molar-refractivity contribution in [2.75, 3.05) is 0 Å². The molecule has 162 valence electrons. The van der Waals surface area contributed by atoms with Gasteiger partial charge < -0.3 is 4.74 Å². The first-order valence-corrected chi connectivity index (χ1v) is 12.9. The Morgan fingerprint density at radius 2 is 1.62 bits per heavy atom. The van der Waals surface area contributed by atoms with Crippen LogP contribution in [0.4, 0.5) is 4.79 Å². The molecule has 0 aromatic heterocycles. The summed E-state index contributed by atoms with van der Waals surface area (Å²) in [6.07, 6.45) is 1.75. The van der Waals surface area contributed by atoms with E-state index in [-0.39, 0.29) is 17.7 Å². The van der Waals surface area contributed by atoms with Crippen molar-refractivity contribution >= 4 is 85.8 Å². The van der Waals surface area contributed by atoms with E-state index in [4.69, 9.17) is 16.3 Å². The van der Waals surface area contributed by atoms with Crippen LogP contribution in [0.15, 0.2) is 71.6 Å². The third-order valence-corrected chi connectivity index (χ3v) is 7.58. The maximum absolute atomic E-state index is 12.9. The largest absolute Gasteiger partial charge is 0.487 e. The number of nitrogens with zero attached hydrogens (tertiary/aromatic N) is 1. The second kappa shape index (κ2) is 10.6. The lowest BCUT2D eigenvalue weighted by Crippen LogP contribution is -2.27. The van der Waals surface area contributed by atoms with Gasteiger partial charge in [0.1, 0.15) is 12.4 Å². The lowest BCUT2D eigenvalue weighted by atomic mass is 10.2. The smallest absolute Gasteiger partial charge is 0.293 e. The first kappa shape index (κ1) is 23.6. The number of thioether (sulfide) groups is 1. The van der Waals surface area contributed by atoms with Crippen molar-refractivity contribution < 1.29 is 14.3 Å². The highest BCUT2D eigenvalue weighted by Gasteiger charge is 2.35. The summed E-state index contributed by atoms with van der Waals surface area (Å²) in [5, 5.41) is 0.235. The topological polar surface area (TPSA) is 46.6 Å². The molecule has 1 fully saturated rings. The van der Waals surface area contributed by atoms with Crippen molar-refractivity contribution in [1.29, 1.82) is 0 Å². The van der Waals surface area contributed by atoms with Gasteiger partial charge in [-0.05, 0) is 97.9 Å². The van der Waals surface area contributed by atoms with Gasteiger partial charge in [-0.2, -0.15) is 0 Å². The standard InChI is InChI=1S/C24H16ClI2NO3S/c25-18-9-5-4-8-17(18)13-28-23(29)21(32-24(28)30)12-16-10-19(26)22(20(27)11-16)31-14-15-6-2-1-3-7-15/h1-12H,13-14H2/b21-12-. The molecule has 4 nitrogen and oxygen atoms in total. The summed E-state index contributed by atoms with van der Waals surface area (Å²) in [6, 6.07) is 21.1. The summed E-state index contributed by atoms with van der Waals surface area (Å²) in [5.74, 6) is 0.494. The van der Waals surface area contributed by atoms with Gasteiger partial charge in [-0.25, -0.2) is 0 Å². The number of imide groups is 1. The molecule has 0 atom stereocenters. The molecule has 0 unspecified atom stereocenters. The summed E-state index contributed by atoms with van der Waals surface area (Å²) >= 11 is 11.6. The molecule has 1 saturated heterocycles. The van der Waals surface area contributed by atoms with E-state index in [9.17, 15) is 9.59 Å². The Kier molecular flexibility index (Phi) is 7.80. The molecule has 0 aliphatic carbocycles. The highest BCUT2D eigenvalue weighted by molar-refractivity contribution is 14.1. The van der Waals surface area contributed by atoms with Crippen molar-refractivity contribution in [1.82, 2.24) is 4.90 Å². The van der Waals surface area contributed by atoms with E-state index >= 15 is 0 Å². The summed E-state index contributed by atoms with van der Waals surface area (Å²) in [4.78, 5) is 27.0. The Labute approximate surface area is 222 Å². The number of rotatable bonds is 6. The van der Waals surface area contributed by atoms with Crippen molar-refractivity contribution in [3.05, 3.63) is 100 Å². The molecule has 4 rings (SSSR count). The van der Waals surface area contributed by atoms with Crippen LogP contribution in [-0.2, 0) is 17.9 Å². The highest BCUT2D eigenvalue weighted by Crippen LogP contribution is 2.36. The zero-order valence-electron chi connectivity index (χ0n) is 16.6. The molecule has 3 aromatic rings. The minimum atomic E-state index is -0.311. The molecule has 32 heavy (non-hydrogen) atoms. The molecule has 0 bridgehead atoms. The number of hydrogen-bond donors (Lipinski definition) is 0. The molecule has 0 radical (unpaired) electrons. The van der Waals surface area contributed by atoms with E-state index in [1.54, 1.807) is 12.1 Å². The van der Waals surface area contributed by atoms with Gasteiger partial charge in [0, 0.05) is 5.02 Å². The molecule has 8 heteroatoms. The second-order valence-corrected chi connectivity index (χ2v) is 10.7. The normalized spacial score (nSPS) is 15.0. The quantitative estimate of drug-likeness (QED) is 0.201. The summed E-state index contributed by atoms with van der Waals surface area (Å²) in [5.41, 5.74) is 2.67. The van der Waals surface area contributed by atoms with Crippen molar-refractivity contribution in [2.24, 2.45) is 0 Å². The van der Waals surface area contributed by atoms with E-state index in [0.29, 0.717) is 16.5 Å². The van der Waals surface area contributed by atoms with Crippen LogP contribution < -0.4 is 4.74 Å². The molecule has 1 heterocycles. The van der Waals surface area contributed by atoms with Crippen molar-refractivity contribution in [3.8, 4) is 5.75 Å².